The normalized spacial score (nSPS) is 16.6. The van der Waals surface area contributed by atoms with E-state index in [9.17, 15) is 0 Å². The second-order valence-corrected chi connectivity index (χ2v) is 6.13. The number of ether oxygens (including phenoxy) is 1. The highest BCUT2D eigenvalue weighted by atomic mass is 35.5. The maximum Gasteiger partial charge on any atom is 0.0587 e. The number of rotatable bonds is 6. The van der Waals surface area contributed by atoms with Gasteiger partial charge < -0.3 is 15.0 Å². The highest BCUT2D eigenvalue weighted by Crippen LogP contribution is 2.27. The Labute approximate surface area is 133 Å². The summed E-state index contributed by atoms with van der Waals surface area (Å²) in [4.78, 5) is 2.51. The predicted molar refractivity (Wildman–Crippen MR) is 90.3 cm³/mol. The first-order valence-electron chi connectivity index (χ1n) is 8.04. The first kappa shape index (κ1) is 16.6. The summed E-state index contributed by atoms with van der Waals surface area (Å²) in [5.41, 5.74) is 2.63. The third kappa shape index (κ3) is 5.50. The molecule has 118 valence electrons. The van der Waals surface area contributed by atoms with Gasteiger partial charge in [0, 0.05) is 44.0 Å². The van der Waals surface area contributed by atoms with Gasteiger partial charge in [-0.05, 0) is 30.5 Å². The molecule has 0 unspecified atom stereocenters. The monoisotopic (exact) mass is 310 g/mol. The van der Waals surface area contributed by atoms with Crippen LogP contribution in [0.5, 0.6) is 0 Å². The molecule has 0 atom stereocenters. The second-order valence-electron chi connectivity index (χ2n) is 5.70. The molecule has 1 aliphatic heterocycles. The van der Waals surface area contributed by atoms with Gasteiger partial charge in [0.1, 0.15) is 0 Å². The fraction of sp³-hybridized carbons (Fsp3) is 0.647. The Kier molecular flexibility index (Phi) is 7.34. The number of anilines is 1. The van der Waals surface area contributed by atoms with E-state index in [0.29, 0.717) is 0 Å². The third-order valence-electron chi connectivity index (χ3n) is 4.04. The van der Waals surface area contributed by atoms with E-state index >= 15 is 0 Å². The molecular formula is C17H27ClN2O. The average Bonchev–Trinajstić information content (AvgIpc) is 2.45. The molecule has 0 spiro atoms. The van der Waals surface area contributed by atoms with E-state index in [-0.39, 0.29) is 0 Å². The average molecular weight is 311 g/mol. The Balaban J connectivity index is 2.05. The third-order valence-corrected chi connectivity index (χ3v) is 4.28. The highest BCUT2D eigenvalue weighted by molar-refractivity contribution is 6.30. The van der Waals surface area contributed by atoms with Gasteiger partial charge in [-0.1, -0.05) is 36.9 Å². The van der Waals surface area contributed by atoms with Gasteiger partial charge in [-0.25, -0.2) is 0 Å². The van der Waals surface area contributed by atoms with Crippen molar-refractivity contribution in [3.8, 4) is 0 Å². The lowest BCUT2D eigenvalue weighted by Gasteiger charge is -2.29. The Hall–Kier alpha value is -0.770. The summed E-state index contributed by atoms with van der Waals surface area (Å²) in [7, 11) is 1.73. The maximum atomic E-state index is 6.23. The van der Waals surface area contributed by atoms with Gasteiger partial charge in [0.15, 0.2) is 0 Å². The van der Waals surface area contributed by atoms with Gasteiger partial charge in [0.25, 0.3) is 0 Å². The first-order chi connectivity index (χ1) is 10.3. The van der Waals surface area contributed by atoms with Crippen LogP contribution in [0.25, 0.3) is 0 Å². The molecule has 0 saturated carbocycles. The molecular weight excluding hydrogens is 284 g/mol. The van der Waals surface area contributed by atoms with Crippen LogP contribution in [0.15, 0.2) is 18.2 Å². The topological polar surface area (TPSA) is 24.5 Å². The number of nitrogens with one attached hydrogen (secondary N) is 1. The lowest BCUT2D eigenvalue weighted by molar-refractivity contribution is 0.199. The lowest BCUT2D eigenvalue weighted by Crippen LogP contribution is -2.29. The number of hydrogen-bond acceptors (Lipinski definition) is 3. The minimum Gasteiger partial charge on any atom is -0.383 e. The molecule has 0 aliphatic carbocycles. The van der Waals surface area contributed by atoms with E-state index in [4.69, 9.17) is 16.3 Å². The van der Waals surface area contributed by atoms with Gasteiger partial charge in [-0.3, -0.25) is 0 Å². The number of methoxy groups -OCH3 is 1. The van der Waals surface area contributed by atoms with Crippen LogP contribution in [0.1, 0.15) is 37.7 Å². The molecule has 1 N–H and O–H groups in total. The molecule has 1 aromatic carbocycles. The van der Waals surface area contributed by atoms with Crippen LogP contribution >= 0.6 is 11.6 Å². The van der Waals surface area contributed by atoms with Crippen LogP contribution < -0.4 is 10.2 Å². The zero-order chi connectivity index (χ0) is 14.9. The quantitative estimate of drug-likeness (QED) is 0.808. The molecule has 4 heteroatoms. The van der Waals surface area contributed by atoms with E-state index in [2.05, 4.69) is 22.3 Å². The summed E-state index contributed by atoms with van der Waals surface area (Å²) in [5.74, 6) is 0. The Morgan fingerprint density at radius 1 is 1.14 bits per heavy atom. The van der Waals surface area contributed by atoms with Crippen LogP contribution in [0.3, 0.4) is 0 Å². The SMILES string of the molecule is COCCNCc1ccc(Cl)cc1N1CCCCCCC1. The van der Waals surface area contributed by atoms with Crippen molar-refractivity contribution in [3.63, 3.8) is 0 Å². The maximum absolute atomic E-state index is 6.23. The number of nitrogens with zero attached hydrogens (tertiary/aromatic N) is 1. The standard InChI is InChI=1S/C17H27ClN2O/c1-21-12-9-19-14-15-7-8-16(18)13-17(15)20-10-5-3-2-4-6-11-20/h7-8,13,19H,2-6,9-12,14H2,1H3. The summed E-state index contributed by atoms with van der Waals surface area (Å²) in [6.07, 6.45) is 6.64. The van der Waals surface area contributed by atoms with Crippen molar-refractivity contribution in [2.75, 3.05) is 38.3 Å². The lowest BCUT2D eigenvalue weighted by atomic mass is 10.1. The number of benzene rings is 1. The summed E-state index contributed by atoms with van der Waals surface area (Å²) in [6.45, 7) is 4.77. The molecule has 1 aromatic rings. The molecule has 3 nitrogen and oxygen atoms in total. The van der Waals surface area contributed by atoms with E-state index in [1.54, 1.807) is 7.11 Å². The molecule has 0 amide bonds. The number of halogens is 1. The zero-order valence-electron chi connectivity index (χ0n) is 13.0. The van der Waals surface area contributed by atoms with Gasteiger partial charge in [0.05, 0.1) is 6.61 Å². The van der Waals surface area contributed by atoms with Crippen molar-refractivity contribution in [3.05, 3.63) is 28.8 Å². The van der Waals surface area contributed by atoms with E-state index in [0.717, 1.165) is 37.8 Å². The largest absolute Gasteiger partial charge is 0.383 e. The van der Waals surface area contributed by atoms with Gasteiger partial charge >= 0.3 is 0 Å². The van der Waals surface area contributed by atoms with Crippen LogP contribution in [0.2, 0.25) is 5.02 Å². The highest BCUT2D eigenvalue weighted by Gasteiger charge is 2.13. The van der Waals surface area contributed by atoms with Crippen molar-refractivity contribution >= 4 is 17.3 Å². The Bertz CT molecular complexity index is 417. The van der Waals surface area contributed by atoms with Crippen LogP contribution in [0.4, 0.5) is 5.69 Å². The number of hydrogen-bond donors (Lipinski definition) is 1. The van der Waals surface area contributed by atoms with Crippen molar-refractivity contribution in [2.24, 2.45) is 0 Å². The summed E-state index contributed by atoms with van der Waals surface area (Å²) < 4.78 is 5.08. The molecule has 1 heterocycles. The Morgan fingerprint density at radius 3 is 2.57 bits per heavy atom. The molecule has 0 radical (unpaired) electrons. The van der Waals surface area contributed by atoms with E-state index in [1.165, 1.54) is 43.4 Å². The second kappa shape index (κ2) is 9.29. The fourth-order valence-electron chi connectivity index (χ4n) is 2.87. The minimum atomic E-state index is 0.743. The molecule has 21 heavy (non-hydrogen) atoms. The predicted octanol–water partition coefficient (Wildman–Crippen LogP) is 3.85. The summed E-state index contributed by atoms with van der Waals surface area (Å²) in [5, 5.41) is 4.26. The van der Waals surface area contributed by atoms with Crippen LogP contribution in [-0.2, 0) is 11.3 Å². The van der Waals surface area contributed by atoms with Crippen LogP contribution in [0, 0.1) is 0 Å². The van der Waals surface area contributed by atoms with E-state index < -0.39 is 0 Å². The van der Waals surface area contributed by atoms with Crippen molar-refractivity contribution < 1.29 is 4.74 Å². The Morgan fingerprint density at radius 2 is 1.86 bits per heavy atom. The molecule has 1 aliphatic rings. The van der Waals surface area contributed by atoms with Crippen LogP contribution in [-0.4, -0.2) is 33.4 Å². The van der Waals surface area contributed by atoms with Crippen molar-refractivity contribution in [1.29, 1.82) is 0 Å². The van der Waals surface area contributed by atoms with E-state index in [1.807, 2.05) is 6.07 Å². The first-order valence-corrected chi connectivity index (χ1v) is 8.42. The molecule has 1 fully saturated rings. The molecule has 2 rings (SSSR count). The minimum absolute atomic E-state index is 0.743. The van der Waals surface area contributed by atoms with Gasteiger partial charge in [-0.15, -0.1) is 0 Å². The molecule has 0 aromatic heterocycles. The summed E-state index contributed by atoms with van der Waals surface area (Å²) >= 11 is 6.23. The molecule has 1 saturated heterocycles. The molecule has 0 bridgehead atoms. The van der Waals surface area contributed by atoms with Crippen molar-refractivity contribution in [2.45, 2.75) is 38.6 Å². The van der Waals surface area contributed by atoms with Gasteiger partial charge in [0.2, 0.25) is 0 Å². The smallest absolute Gasteiger partial charge is 0.0587 e. The van der Waals surface area contributed by atoms with Gasteiger partial charge in [-0.2, -0.15) is 0 Å². The van der Waals surface area contributed by atoms with Crippen molar-refractivity contribution in [1.82, 2.24) is 5.32 Å². The fourth-order valence-corrected chi connectivity index (χ4v) is 3.03. The summed E-state index contributed by atoms with van der Waals surface area (Å²) in [6, 6.07) is 6.26. The zero-order valence-corrected chi connectivity index (χ0v) is 13.8.